The van der Waals surface area contributed by atoms with Gasteiger partial charge < -0.3 is 29.3 Å². The molecule has 2 heterocycles. The zero-order valence-electron chi connectivity index (χ0n) is 16.9. The molecule has 2 aliphatic carbocycles. The topological polar surface area (TPSA) is 174 Å². The van der Waals surface area contributed by atoms with E-state index in [1.54, 1.807) is 13.8 Å². The SMILES string of the molecule is CCC(=O)C1=C(C(=O)[O-])C2OC2CC1=O.CCC(=O)C1=C(C(=O)[O-])C2OC2CC1=O.[Ca+2]. The Hall–Kier alpha value is -1.72. The van der Waals surface area contributed by atoms with Crippen molar-refractivity contribution in [3.05, 3.63) is 22.3 Å². The van der Waals surface area contributed by atoms with Gasteiger partial charge in [-0.05, 0) is 0 Å². The van der Waals surface area contributed by atoms with Gasteiger partial charge in [0.1, 0.15) is 12.2 Å². The van der Waals surface area contributed by atoms with E-state index in [4.69, 9.17) is 9.47 Å². The second-order valence-corrected chi connectivity index (χ2v) is 7.15. The largest absolute Gasteiger partial charge is 2.00 e. The molecule has 0 aromatic heterocycles. The predicted molar refractivity (Wildman–Crippen MR) is 97.0 cm³/mol. The fourth-order valence-electron chi connectivity index (χ4n) is 3.66. The normalized spacial score (nSPS) is 27.8. The van der Waals surface area contributed by atoms with Gasteiger partial charge in [0.2, 0.25) is 0 Å². The number of rotatable bonds is 6. The molecule has 4 rings (SSSR count). The molecule has 4 aliphatic rings. The van der Waals surface area contributed by atoms with E-state index < -0.39 is 47.3 Å². The fraction of sp³-hybridized carbons (Fsp3) is 0.500. The molecule has 0 radical (unpaired) electrons. The maximum atomic E-state index is 11.5. The van der Waals surface area contributed by atoms with Crippen LogP contribution >= 0.6 is 0 Å². The van der Waals surface area contributed by atoms with Crippen LogP contribution in [-0.4, -0.2) is 97.2 Å². The second kappa shape index (κ2) is 9.83. The number of aliphatic carboxylic acids is 2. The average molecular weight is 458 g/mol. The second-order valence-electron chi connectivity index (χ2n) is 7.15. The summed E-state index contributed by atoms with van der Waals surface area (Å²) in [7, 11) is 0. The van der Waals surface area contributed by atoms with Crippen LogP contribution in [0.15, 0.2) is 22.3 Å². The molecule has 2 fully saturated rings. The van der Waals surface area contributed by atoms with Crippen molar-refractivity contribution in [2.75, 3.05) is 0 Å². The summed E-state index contributed by atoms with van der Waals surface area (Å²) in [5, 5.41) is 21.6. The number of hydrogen-bond acceptors (Lipinski definition) is 10. The van der Waals surface area contributed by atoms with Crippen molar-refractivity contribution >= 4 is 72.8 Å². The van der Waals surface area contributed by atoms with Crippen molar-refractivity contribution in [1.29, 1.82) is 0 Å². The summed E-state index contributed by atoms with van der Waals surface area (Å²) in [6.07, 6.45) is -1.54. The first kappa shape index (κ1) is 25.5. The number of Topliss-reactive ketones (excluding diaryl/α,β-unsaturated/α-hetero) is 4. The van der Waals surface area contributed by atoms with Gasteiger partial charge in [-0.15, -0.1) is 0 Å². The zero-order valence-corrected chi connectivity index (χ0v) is 19.1. The number of carbonyl (C=O) groups excluding carboxylic acids is 6. The first-order valence-corrected chi connectivity index (χ1v) is 9.46. The van der Waals surface area contributed by atoms with Crippen molar-refractivity contribution in [3.8, 4) is 0 Å². The molecule has 0 aromatic carbocycles. The predicted octanol–water partition coefficient (Wildman–Crippen LogP) is -2.88. The van der Waals surface area contributed by atoms with Gasteiger partial charge in [0.25, 0.3) is 0 Å². The molecule has 2 saturated heterocycles. The van der Waals surface area contributed by atoms with Crippen LogP contribution in [0.4, 0.5) is 0 Å². The molecule has 0 aromatic rings. The smallest absolute Gasteiger partial charge is 0.545 e. The Kier molecular flexibility index (Phi) is 8.10. The van der Waals surface area contributed by atoms with E-state index in [9.17, 15) is 39.0 Å². The van der Waals surface area contributed by atoms with Gasteiger partial charge in [-0.3, -0.25) is 19.2 Å². The van der Waals surface area contributed by atoms with Gasteiger partial charge in [0, 0.05) is 36.8 Å². The summed E-state index contributed by atoms with van der Waals surface area (Å²) in [5.41, 5.74) is -0.973. The Labute approximate surface area is 206 Å². The minimum Gasteiger partial charge on any atom is -0.545 e. The average Bonchev–Trinajstić information content (AvgIpc) is 3.59. The first-order valence-electron chi connectivity index (χ1n) is 9.46. The number of hydrogen-bond donors (Lipinski definition) is 0. The Bertz CT molecular complexity index is 868. The number of carbonyl (C=O) groups is 6. The molecule has 10 nitrogen and oxygen atoms in total. The van der Waals surface area contributed by atoms with Crippen LogP contribution in [-0.2, 0) is 38.2 Å². The van der Waals surface area contributed by atoms with Crippen LogP contribution in [0.25, 0.3) is 0 Å². The number of fused-ring (bicyclic) bond motifs is 2. The van der Waals surface area contributed by atoms with Crippen LogP contribution in [0.5, 0.6) is 0 Å². The van der Waals surface area contributed by atoms with E-state index in [-0.39, 0.29) is 97.9 Å². The number of allylic oxidation sites excluding steroid dienone is 2. The Morgan fingerprint density at radius 3 is 1.35 bits per heavy atom. The van der Waals surface area contributed by atoms with E-state index in [1.807, 2.05) is 0 Å². The fourth-order valence-corrected chi connectivity index (χ4v) is 3.66. The molecular formula is C20H18CaO10. The van der Waals surface area contributed by atoms with E-state index in [1.165, 1.54) is 0 Å². The van der Waals surface area contributed by atoms with Crippen molar-refractivity contribution in [3.63, 3.8) is 0 Å². The third kappa shape index (κ3) is 5.04. The Morgan fingerprint density at radius 2 is 1.10 bits per heavy atom. The van der Waals surface area contributed by atoms with Gasteiger partial charge >= 0.3 is 37.7 Å². The first-order chi connectivity index (χ1) is 14.1. The van der Waals surface area contributed by atoms with Crippen molar-refractivity contribution < 1.29 is 48.5 Å². The number of ether oxygens (including phenoxy) is 2. The Morgan fingerprint density at radius 1 is 0.774 bits per heavy atom. The van der Waals surface area contributed by atoms with E-state index in [0.29, 0.717) is 0 Å². The maximum Gasteiger partial charge on any atom is 2.00 e. The van der Waals surface area contributed by atoms with Crippen LogP contribution in [0.1, 0.15) is 39.5 Å². The van der Waals surface area contributed by atoms with E-state index in [2.05, 4.69) is 0 Å². The molecule has 0 bridgehead atoms. The standard InChI is InChI=1S/2C10H10O5.Ca/c2*1-2-4(11)7-5(12)3-6-9(15-6)8(7)10(13)14;/h2*6,9H,2-3H2,1H3,(H,13,14);/q;;+2/p-2. The quantitative estimate of drug-likeness (QED) is 0.228. The zero-order chi connectivity index (χ0) is 22.3. The van der Waals surface area contributed by atoms with Gasteiger partial charge in [0.05, 0.1) is 35.3 Å². The minimum absolute atomic E-state index is 0. The van der Waals surface area contributed by atoms with Crippen LogP contribution in [0.3, 0.4) is 0 Å². The van der Waals surface area contributed by atoms with Crippen molar-refractivity contribution in [1.82, 2.24) is 0 Å². The van der Waals surface area contributed by atoms with Gasteiger partial charge in [0.15, 0.2) is 23.1 Å². The summed E-state index contributed by atoms with van der Waals surface area (Å²) in [6, 6.07) is 0. The summed E-state index contributed by atoms with van der Waals surface area (Å²) in [4.78, 5) is 67.5. The molecule has 4 atom stereocenters. The summed E-state index contributed by atoms with van der Waals surface area (Å²) in [6.45, 7) is 3.16. The maximum absolute atomic E-state index is 11.5. The molecule has 31 heavy (non-hydrogen) atoms. The molecule has 2 aliphatic heterocycles. The summed E-state index contributed by atoms with van der Waals surface area (Å²) >= 11 is 0. The molecule has 160 valence electrons. The van der Waals surface area contributed by atoms with Gasteiger partial charge in [-0.25, -0.2) is 0 Å². The summed E-state index contributed by atoms with van der Waals surface area (Å²) in [5.74, 6) is -4.75. The molecule has 0 N–H and O–H groups in total. The number of ketones is 4. The van der Waals surface area contributed by atoms with Crippen molar-refractivity contribution in [2.24, 2.45) is 0 Å². The third-order valence-corrected chi connectivity index (χ3v) is 5.24. The molecule has 4 unspecified atom stereocenters. The molecule has 0 spiro atoms. The van der Waals surface area contributed by atoms with Gasteiger partial charge in [-0.2, -0.15) is 0 Å². The van der Waals surface area contributed by atoms with Crippen LogP contribution < -0.4 is 10.2 Å². The number of carboxylic acids is 2. The number of carboxylic acid groups (broad SMARTS) is 2. The molecule has 0 amide bonds. The van der Waals surface area contributed by atoms with Gasteiger partial charge in [-0.1, -0.05) is 13.8 Å². The van der Waals surface area contributed by atoms with E-state index in [0.717, 1.165) is 0 Å². The Balaban J connectivity index is 0.000000213. The minimum atomic E-state index is -1.48. The van der Waals surface area contributed by atoms with E-state index >= 15 is 0 Å². The summed E-state index contributed by atoms with van der Waals surface area (Å²) < 4.78 is 9.99. The molecule has 0 saturated carbocycles. The monoisotopic (exact) mass is 458 g/mol. The van der Waals surface area contributed by atoms with Crippen LogP contribution in [0, 0.1) is 0 Å². The third-order valence-electron chi connectivity index (χ3n) is 5.24. The number of epoxide rings is 2. The molecular weight excluding hydrogens is 440 g/mol. The van der Waals surface area contributed by atoms with Crippen molar-refractivity contribution in [2.45, 2.75) is 63.9 Å². The van der Waals surface area contributed by atoms with Crippen LogP contribution in [0.2, 0.25) is 0 Å². The molecule has 11 heteroatoms.